The summed E-state index contributed by atoms with van der Waals surface area (Å²) in [6.07, 6.45) is 1.65. The Hall–Kier alpha value is -1.78. The number of rotatable bonds is 0. The van der Waals surface area contributed by atoms with Gasteiger partial charge in [-0.25, -0.2) is 4.52 Å². The lowest BCUT2D eigenvalue weighted by Crippen LogP contribution is -2.11. The molecule has 0 unspecified atom stereocenters. The normalized spacial score (nSPS) is 10.8. The molecule has 5 heteroatoms. The number of aromatic nitrogens is 3. The van der Waals surface area contributed by atoms with E-state index >= 15 is 0 Å². The van der Waals surface area contributed by atoms with E-state index in [0.717, 1.165) is 5.56 Å². The second-order valence-corrected chi connectivity index (χ2v) is 2.65. The van der Waals surface area contributed by atoms with Gasteiger partial charge in [0, 0.05) is 11.6 Å². The van der Waals surface area contributed by atoms with Crippen LogP contribution < -0.4 is 11.3 Å². The van der Waals surface area contributed by atoms with Gasteiger partial charge in [-0.15, -0.1) is 0 Å². The maximum atomic E-state index is 11.0. The molecule has 0 fully saturated rings. The van der Waals surface area contributed by atoms with Gasteiger partial charge in [-0.2, -0.15) is 5.10 Å². The lowest BCUT2D eigenvalue weighted by atomic mass is 10.4. The van der Waals surface area contributed by atoms with Crippen molar-refractivity contribution in [1.82, 2.24) is 14.6 Å². The molecule has 62 valence electrons. The van der Waals surface area contributed by atoms with E-state index in [1.807, 2.05) is 6.92 Å². The smallest absolute Gasteiger partial charge is 0.253 e. The Balaban J connectivity index is 3.02. The largest absolute Gasteiger partial charge is 0.383 e. The molecular formula is C7H8N4O. The van der Waals surface area contributed by atoms with Crippen molar-refractivity contribution in [3.8, 4) is 0 Å². The predicted octanol–water partition coefficient (Wildman–Crippen LogP) is -0.0868. The summed E-state index contributed by atoms with van der Waals surface area (Å²) in [5, 5.41) is 3.98. The summed E-state index contributed by atoms with van der Waals surface area (Å²) in [4.78, 5) is 13.6. The standard InChI is InChI=1S/C7H8N4O/c1-4-3-9-11-5(8)2-6(12)10-7(4)11/h2-3H,8H2,1H3,(H,10,12). The molecule has 0 atom stereocenters. The van der Waals surface area contributed by atoms with Crippen molar-refractivity contribution in [1.29, 1.82) is 0 Å². The Morgan fingerprint density at radius 2 is 2.42 bits per heavy atom. The van der Waals surface area contributed by atoms with Gasteiger partial charge in [0.2, 0.25) is 0 Å². The van der Waals surface area contributed by atoms with Crippen LogP contribution in [0.1, 0.15) is 5.56 Å². The number of H-pyrrole nitrogens is 1. The van der Waals surface area contributed by atoms with Crippen molar-refractivity contribution in [3.05, 3.63) is 28.2 Å². The molecule has 2 heterocycles. The van der Waals surface area contributed by atoms with Gasteiger partial charge in [-0.1, -0.05) is 0 Å². The van der Waals surface area contributed by atoms with E-state index < -0.39 is 0 Å². The van der Waals surface area contributed by atoms with Gasteiger partial charge < -0.3 is 10.7 Å². The van der Waals surface area contributed by atoms with Gasteiger partial charge in [0.05, 0.1) is 6.20 Å². The molecule has 12 heavy (non-hydrogen) atoms. The van der Waals surface area contributed by atoms with Crippen molar-refractivity contribution in [2.24, 2.45) is 0 Å². The van der Waals surface area contributed by atoms with E-state index in [-0.39, 0.29) is 5.56 Å². The highest BCUT2D eigenvalue weighted by molar-refractivity contribution is 5.50. The molecule has 5 nitrogen and oxygen atoms in total. The number of aryl methyl sites for hydroxylation is 1. The van der Waals surface area contributed by atoms with E-state index in [9.17, 15) is 4.79 Å². The van der Waals surface area contributed by atoms with Crippen LogP contribution in [0.25, 0.3) is 5.65 Å². The number of anilines is 1. The summed E-state index contributed by atoms with van der Waals surface area (Å²) in [6.45, 7) is 1.86. The molecule has 0 saturated heterocycles. The van der Waals surface area contributed by atoms with Gasteiger partial charge in [0.1, 0.15) is 11.5 Å². The second-order valence-electron chi connectivity index (χ2n) is 2.65. The number of nitrogens with one attached hydrogen (secondary N) is 1. The molecular weight excluding hydrogens is 156 g/mol. The van der Waals surface area contributed by atoms with E-state index in [2.05, 4.69) is 10.1 Å². The van der Waals surface area contributed by atoms with Gasteiger partial charge in [-0.3, -0.25) is 4.79 Å². The minimum atomic E-state index is -0.205. The van der Waals surface area contributed by atoms with Crippen molar-refractivity contribution < 1.29 is 0 Å². The van der Waals surface area contributed by atoms with Crippen LogP contribution in [0.15, 0.2) is 17.1 Å². The van der Waals surface area contributed by atoms with Crippen molar-refractivity contribution in [2.75, 3.05) is 5.73 Å². The molecule has 0 amide bonds. The fraction of sp³-hybridized carbons (Fsp3) is 0.143. The van der Waals surface area contributed by atoms with Crippen molar-refractivity contribution >= 4 is 11.5 Å². The van der Waals surface area contributed by atoms with Crippen molar-refractivity contribution in [3.63, 3.8) is 0 Å². The third-order valence-electron chi connectivity index (χ3n) is 1.72. The quantitative estimate of drug-likeness (QED) is 0.571. The maximum Gasteiger partial charge on any atom is 0.253 e. The number of fused-ring (bicyclic) bond motifs is 1. The van der Waals surface area contributed by atoms with Crippen LogP contribution in [0.3, 0.4) is 0 Å². The average Bonchev–Trinajstić information content (AvgIpc) is 2.33. The molecule has 0 bridgehead atoms. The van der Waals surface area contributed by atoms with Crippen LogP contribution >= 0.6 is 0 Å². The minimum absolute atomic E-state index is 0.205. The number of hydrogen-bond acceptors (Lipinski definition) is 3. The Bertz CT molecular complexity index is 482. The van der Waals surface area contributed by atoms with Crippen LogP contribution in [-0.4, -0.2) is 14.6 Å². The Kier molecular flexibility index (Phi) is 1.21. The monoisotopic (exact) mass is 164 g/mol. The van der Waals surface area contributed by atoms with Crippen LogP contribution in [-0.2, 0) is 0 Å². The zero-order chi connectivity index (χ0) is 8.72. The summed E-state index contributed by atoms with van der Waals surface area (Å²) >= 11 is 0. The first-order chi connectivity index (χ1) is 5.68. The highest BCUT2D eigenvalue weighted by Gasteiger charge is 2.02. The number of nitrogen functional groups attached to an aromatic ring is 1. The minimum Gasteiger partial charge on any atom is -0.383 e. The number of aromatic amines is 1. The molecule has 0 aliphatic carbocycles. The topological polar surface area (TPSA) is 76.2 Å². The Morgan fingerprint density at radius 3 is 3.17 bits per heavy atom. The van der Waals surface area contributed by atoms with E-state index in [1.165, 1.54) is 10.6 Å². The van der Waals surface area contributed by atoms with E-state index in [1.54, 1.807) is 6.20 Å². The van der Waals surface area contributed by atoms with Crippen molar-refractivity contribution in [2.45, 2.75) is 6.92 Å². The van der Waals surface area contributed by atoms with Crippen LogP contribution in [0.2, 0.25) is 0 Å². The lowest BCUT2D eigenvalue weighted by Gasteiger charge is -1.96. The highest BCUT2D eigenvalue weighted by Crippen LogP contribution is 2.06. The number of hydrogen-bond donors (Lipinski definition) is 2. The van der Waals surface area contributed by atoms with E-state index in [4.69, 9.17) is 5.73 Å². The molecule has 0 aromatic carbocycles. The average molecular weight is 164 g/mol. The fourth-order valence-corrected chi connectivity index (χ4v) is 1.13. The van der Waals surface area contributed by atoms with Crippen LogP contribution in [0.4, 0.5) is 5.82 Å². The molecule has 0 saturated carbocycles. The van der Waals surface area contributed by atoms with Gasteiger partial charge in [0.25, 0.3) is 5.56 Å². The molecule has 0 aliphatic heterocycles. The SMILES string of the molecule is Cc1cnn2c(N)cc(=O)[nH]c12. The number of nitrogens with zero attached hydrogens (tertiary/aromatic N) is 2. The fourth-order valence-electron chi connectivity index (χ4n) is 1.13. The summed E-state index contributed by atoms with van der Waals surface area (Å²) in [6, 6.07) is 1.30. The molecule has 0 spiro atoms. The molecule has 2 aromatic rings. The summed E-state index contributed by atoms with van der Waals surface area (Å²) in [7, 11) is 0. The van der Waals surface area contributed by atoms with Crippen LogP contribution in [0.5, 0.6) is 0 Å². The first kappa shape index (κ1) is 6.90. The zero-order valence-corrected chi connectivity index (χ0v) is 6.53. The predicted molar refractivity (Wildman–Crippen MR) is 45.0 cm³/mol. The summed E-state index contributed by atoms with van der Waals surface area (Å²) < 4.78 is 1.50. The lowest BCUT2D eigenvalue weighted by molar-refractivity contribution is 0.944. The molecule has 2 aromatic heterocycles. The Labute approximate surface area is 67.8 Å². The first-order valence-electron chi connectivity index (χ1n) is 3.51. The molecule has 0 aliphatic rings. The third kappa shape index (κ3) is 0.795. The summed E-state index contributed by atoms with van der Waals surface area (Å²) in [5.41, 5.74) is 6.90. The maximum absolute atomic E-state index is 11.0. The molecule has 3 N–H and O–H groups in total. The van der Waals surface area contributed by atoms with Gasteiger partial charge in [0.15, 0.2) is 0 Å². The van der Waals surface area contributed by atoms with Gasteiger partial charge >= 0.3 is 0 Å². The molecule has 2 rings (SSSR count). The zero-order valence-electron chi connectivity index (χ0n) is 6.53. The molecule has 0 radical (unpaired) electrons. The number of nitrogens with two attached hydrogens (primary N) is 1. The second kappa shape index (κ2) is 2.10. The third-order valence-corrected chi connectivity index (χ3v) is 1.72. The summed E-state index contributed by atoms with van der Waals surface area (Å²) in [5.74, 6) is 0.349. The van der Waals surface area contributed by atoms with Gasteiger partial charge in [-0.05, 0) is 6.92 Å². The first-order valence-corrected chi connectivity index (χ1v) is 3.51. The highest BCUT2D eigenvalue weighted by atomic mass is 16.1. The van der Waals surface area contributed by atoms with E-state index in [0.29, 0.717) is 11.5 Å². The van der Waals surface area contributed by atoms with Crippen LogP contribution in [0, 0.1) is 6.92 Å². The Morgan fingerprint density at radius 1 is 1.67 bits per heavy atom.